The highest BCUT2D eigenvalue weighted by Gasteiger charge is 2.27. The van der Waals surface area contributed by atoms with Crippen molar-refractivity contribution in [2.45, 2.75) is 31.4 Å². The lowest BCUT2D eigenvalue weighted by Crippen LogP contribution is -2.46. The number of urea groups is 1. The molecule has 0 saturated heterocycles. The minimum absolute atomic E-state index is 0.0749. The second kappa shape index (κ2) is 7.28. The Balaban J connectivity index is 1.36. The molecule has 0 saturated carbocycles. The van der Waals surface area contributed by atoms with Crippen LogP contribution in [0.15, 0.2) is 48.5 Å². The van der Waals surface area contributed by atoms with Gasteiger partial charge in [0.15, 0.2) is 17.6 Å². The Kier molecular flexibility index (Phi) is 4.69. The minimum atomic E-state index is -0.180. The minimum Gasteiger partial charge on any atom is -0.486 e. The van der Waals surface area contributed by atoms with Gasteiger partial charge in [-0.3, -0.25) is 0 Å². The lowest BCUT2D eigenvalue weighted by molar-refractivity contribution is 0.0896. The van der Waals surface area contributed by atoms with E-state index in [1.54, 1.807) is 0 Å². The van der Waals surface area contributed by atoms with E-state index in [1.807, 2.05) is 42.3 Å². The molecule has 0 radical (unpaired) electrons. The number of para-hydroxylation sites is 2. The van der Waals surface area contributed by atoms with Crippen LogP contribution in [0, 0.1) is 0 Å². The fourth-order valence-corrected chi connectivity index (χ4v) is 3.76. The van der Waals surface area contributed by atoms with E-state index >= 15 is 0 Å². The maximum Gasteiger partial charge on any atom is 0.317 e. The van der Waals surface area contributed by atoms with E-state index in [9.17, 15) is 4.79 Å². The van der Waals surface area contributed by atoms with E-state index in [4.69, 9.17) is 9.47 Å². The number of rotatable bonds is 3. The van der Waals surface area contributed by atoms with Gasteiger partial charge in [0, 0.05) is 7.05 Å². The number of hydrogen-bond acceptors (Lipinski definition) is 3. The Morgan fingerprint density at radius 2 is 1.92 bits per heavy atom. The van der Waals surface area contributed by atoms with E-state index in [-0.39, 0.29) is 18.2 Å². The average molecular weight is 352 g/mol. The van der Waals surface area contributed by atoms with Gasteiger partial charge in [0.1, 0.15) is 6.61 Å². The Morgan fingerprint density at radius 1 is 1.15 bits per heavy atom. The van der Waals surface area contributed by atoms with Crippen molar-refractivity contribution < 1.29 is 14.3 Å². The zero-order chi connectivity index (χ0) is 17.9. The van der Waals surface area contributed by atoms with Crippen molar-refractivity contribution in [3.8, 4) is 11.5 Å². The lowest BCUT2D eigenvalue weighted by atomic mass is 9.87. The molecular formula is C21H24N2O3. The predicted molar refractivity (Wildman–Crippen MR) is 99.6 cm³/mol. The molecule has 1 N–H and O–H groups in total. The molecule has 2 aliphatic rings. The molecule has 2 amide bonds. The summed E-state index contributed by atoms with van der Waals surface area (Å²) in [6.07, 6.45) is 3.02. The molecule has 5 heteroatoms. The van der Waals surface area contributed by atoms with Crippen LogP contribution in [0.2, 0.25) is 0 Å². The van der Waals surface area contributed by atoms with Crippen LogP contribution in [0.4, 0.5) is 4.79 Å². The zero-order valence-electron chi connectivity index (χ0n) is 15.0. The van der Waals surface area contributed by atoms with Gasteiger partial charge in [-0.1, -0.05) is 36.4 Å². The number of aryl methyl sites for hydroxylation is 1. The molecule has 2 atom stereocenters. The number of hydrogen-bond donors (Lipinski definition) is 1. The van der Waals surface area contributed by atoms with Gasteiger partial charge in [-0.2, -0.15) is 0 Å². The summed E-state index contributed by atoms with van der Waals surface area (Å²) in [4.78, 5) is 14.5. The fraction of sp³-hybridized carbons (Fsp3) is 0.381. The van der Waals surface area contributed by atoms with Gasteiger partial charge >= 0.3 is 6.03 Å². The van der Waals surface area contributed by atoms with Crippen molar-refractivity contribution >= 4 is 6.03 Å². The highest BCUT2D eigenvalue weighted by molar-refractivity contribution is 5.74. The van der Waals surface area contributed by atoms with E-state index in [1.165, 1.54) is 11.1 Å². The Morgan fingerprint density at radius 3 is 2.81 bits per heavy atom. The molecule has 0 bridgehead atoms. The number of nitrogens with zero attached hydrogens (tertiary/aromatic N) is 1. The zero-order valence-corrected chi connectivity index (χ0v) is 15.0. The van der Waals surface area contributed by atoms with E-state index in [0.29, 0.717) is 13.2 Å². The van der Waals surface area contributed by atoms with Gasteiger partial charge in [0.05, 0.1) is 12.6 Å². The molecule has 1 aliphatic carbocycles. The molecule has 4 rings (SSSR count). The molecule has 2 aromatic rings. The van der Waals surface area contributed by atoms with Crippen molar-refractivity contribution in [2.75, 3.05) is 20.2 Å². The van der Waals surface area contributed by atoms with Crippen LogP contribution in [-0.4, -0.2) is 37.2 Å². The number of ether oxygens (including phenoxy) is 2. The van der Waals surface area contributed by atoms with Gasteiger partial charge in [0.25, 0.3) is 0 Å². The van der Waals surface area contributed by atoms with Crippen LogP contribution >= 0.6 is 0 Å². The number of benzene rings is 2. The fourth-order valence-electron chi connectivity index (χ4n) is 3.76. The van der Waals surface area contributed by atoms with Gasteiger partial charge < -0.3 is 19.7 Å². The molecular weight excluding hydrogens is 328 g/mol. The third-order valence-electron chi connectivity index (χ3n) is 5.17. The van der Waals surface area contributed by atoms with Crippen LogP contribution < -0.4 is 14.8 Å². The standard InChI is InChI=1S/C21H24N2O3/c1-23(18-10-6-8-15-7-2-3-9-17(15)18)21(24)22-13-16-14-25-19-11-4-5-12-20(19)26-16/h2-5,7,9,11-12,16,18H,6,8,10,13-14H2,1H3,(H,22,24). The first-order valence-electron chi connectivity index (χ1n) is 9.19. The molecule has 2 unspecified atom stereocenters. The Bertz CT molecular complexity index is 792. The molecule has 1 heterocycles. The highest BCUT2D eigenvalue weighted by Crippen LogP contribution is 2.33. The summed E-state index contributed by atoms with van der Waals surface area (Å²) in [6, 6.07) is 16.1. The monoisotopic (exact) mass is 352 g/mol. The summed E-state index contributed by atoms with van der Waals surface area (Å²) in [5, 5.41) is 2.99. The largest absolute Gasteiger partial charge is 0.486 e. The summed E-state index contributed by atoms with van der Waals surface area (Å²) in [7, 11) is 1.87. The van der Waals surface area contributed by atoms with Gasteiger partial charge in [0.2, 0.25) is 0 Å². The first-order valence-corrected chi connectivity index (χ1v) is 9.19. The SMILES string of the molecule is CN(C(=O)NCC1COc2ccccc2O1)C1CCCc2ccccc21. The predicted octanol–water partition coefficient (Wildman–Crippen LogP) is 3.55. The molecule has 136 valence electrons. The highest BCUT2D eigenvalue weighted by atomic mass is 16.6. The van der Waals surface area contributed by atoms with Crippen molar-refractivity contribution in [1.29, 1.82) is 0 Å². The number of carbonyl (C=O) groups is 1. The van der Waals surface area contributed by atoms with Gasteiger partial charge in [-0.05, 0) is 42.5 Å². The van der Waals surface area contributed by atoms with Crippen LogP contribution in [0.3, 0.4) is 0 Å². The quantitative estimate of drug-likeness (QED) is 0.919. The maximum absolute atomic E-state index is 12.7. The van der Waals surface area contributed by atoms with Crippen molar-refractivity contribution in [3.63, 3.8) is 0 Å². The molecule has 1 aliphatic heterocycles. The normalized spacial score (nSPS) is 20.8. The van der Waals surface area contributed by atoms with Crippen molar-refractivity contribution in [3.05, 3.63) is 59.7 Å². The third kappa shape index (κ3) is 3.34. The van der Waals surface area contributed by atoms with Crippen molar-refractivity contribution in [1.82, 2.24) is 10.2 Å². The second-order valence-electron chi connectivity index (χ2n) is 6.90. The number of fused-ring (bicyclic) bond motifs is 2. The average Bonchev–Trinajstić information content (AvgIpc) is 2.71. The lowest BCUT2D eigenvalue weighted by Gasteiger charge is -2.34. The molecule has 26 heavy (non-hydrogen) atoms. The van der Waals surface area contributed by atoms with Crippen molar-refractivity contribution in [2.24, 2.45) is 0 Å². The van der Waals surface area contributed by atoms with E-state index in [2.05, 4.69) is 23.5 Å². The summed E-state index contributed by atoms with van der Waals surface area (Å²) >= 11 is 0. The number of nitrogens with one attached hydrogen (secondary N) is 1. The van der Waals surface area contributed by atoms with Gasteiger partial charge in [-0.15, -0.1) is 0 Å². The Labute approximate surface area is 153 Å². The first kappa shape index (κ1) is 16.8. The first-order chi connectivity index (χ1) is 12.7. The summed E-state index contributed by atoms with van der Waals surface area (Å²) in [5.41, 5.74) is 2.62. The van der Waals surface area contributed by atoms with Crippen LogP contribution in [0.25, 0.3) is 0 Å². The molecule has 0 spiro atoms. The summed E-state index contributed by atoms with van der Waals surface area (Å²) in [5.74, 6) is 1.48. The van der Waals surface area contributed by atoms with E-state index in [0.717, 1.165) is 30.8 Å². The molecule has 0 aromatic heterocycles. The smallest absolute Gasteiger partial charge is 0.317 e. The van der Waals surface area contributed by atoms with Crippen LogP contribution in [0.5, 0.6) is 11.5 Å². The van der Waals surface area contributed by atoms with Crippen LogP contribution in [-0.2, 0) is 6.42 Å². The molecule has 5 nitrogen and oxygen atoms in total. The molecule has 0 fully saturated rings. The third-order valence-corrected chi connectivity index (χ3v) is 5.17. The molecule has 2 aromatic carbocycles. The number of amides is 2. The summed E-state index contributed by atoms with van der Waals surface area (Å²) < 4.78 is 11.6. The van der Waals surface area contributed by atoms with E-state index < -0.39 is 0 Å². The Hall–Kier alpha value is -2.69. The van der Waals surface area contributed by atoms with Crippen LogP contribution in [0.1, 0.15) is 30.0 Å². The van der Waals surface area contributed by atoms with Gasteiger partial charge in [-0.25, -0.2) is 4.79 Å². The second-order valence-corrected chi connectivity index (χ2v) is 6.90. The maximum atomic E-state index is 12.7. The topological polar surface area (TPSA) is 50.8 Å². The summed E-state index contributed by atoms with van der Waals surface area (Å²) in [6.45, 7) is 0.860. The number of carbonyl (C=O) groups excluding carboxylic acids is 1.